The zero-order valence-corrected chi connectivity index (χ0v) is 34.4. The van der Waals surface area contributed by atoms with Crippen molar-refractivity contribution in [2.24, 2.45) is 0 Å². The summed E-state index contributed by atoms with van der Waals surface area (Å²) in [7, 11) is -4.83. The molecular formula is C43H46ClN5O6S2. The molecule has 14 heteroatoms. The van der Waals surface area contributed by atoms with Crippen molar-refractivity contribution in [1.82, 2.24) is 14.5 Å². The second-order valence-electron chi connectivity index (χ2n) is 14.3. The molecule has 298 valence electrons. The number of amides is 2. The summed E-state index contributed by atoms with van der Waals surface area (Å²) in [6, 6.07) is 34.6. The van der Waals surface area contributed by atoms with Crippen LogP contribution in [-0.4, -0.2) is 90.5 Å². The van der Waals surface area contributed by atoms with Crippen molar-refractivity contribution in [2.75, 3.05) is 56.2 Å². The van der Waals surface area contributed by atoms with E-state index in [1.165, 1.54) is 46.4 Å². The van der Waals surface area contributed by atoms with E-state index in [-0.39, 0.29) is 33.4 Å². The number of nitrogens with zero attached hydrogens (tertiary/aromatic N) is 3. The maximum absolute atomic E-state index is 13.4. The molecule has 6 rings (SSSR count). The lowest BCUT2D eigenvalue weighted by Crippen LogP contribution is -2.46. The number of hydrogen-bond acceptors (Lipinski definition) is 9. The Balaban J connectivity index is 1.06. The van der Waals surface area contributed by atoms with Crippen molar-refractivity contribution in [3.05, 3.63) is 143 Å². The average Bonchev–Trinajstić information content (AvgIpc) is 3.19. The molecule has 57 heavy (non-hydrogen) atoms. The van der Waals surface area contributed by atoms with Crippen LogP contribution in [0.25, 0.3) is 11.1 Å². The predicted octanol–water partition coefficient (Wildman–Crippen LogP) is 6.49. The number of anilines is 2. The minimum atomic E-state index is -4.26. The fourth-order valence-corrected chi connectivity index (χ4v) is 9.44. The highest BCUT2D eigenvalue weighted by Gasteiger charge is 2.26. The molecule has 2 N–H and O–H groups in total. The van der Waals surface area contributed by atoms with E-state index in [0.717, 1.165) is 44.0 Å². The van der Waals surface area contributed by atoms with Crippen LogP contribution >= 0.6 is 11.6 Å². The molecule has 1 heterocycles. The maximum Gasteiger partial charge on any atom is 0.264 e. The van der Waals surface area contributed by atoms with Gasteiger partial charge in [0.15, 0.2) is 9.84 Å². The first-order valence-corrected chi connectivity index (χ1v) is 22.0. The Morgan fingerprint density at radius 3 is 2.07 bits per heavy atom. The van der Waals surface area contributed by atoms with Gasteiger partial charge in [0.1, 0.15) is 0 Å². The SMILES string of the molecule is Cc1cc(S(=O)(=O)NC(=O)c2ccc(N3CCN(Cc4ccccc4-c4ccc(Cl)cc4)CC3)cc2)ccc1N[C@H](CC(=O)N(C)C)CS(=O)(=O)c1ccccc1. The smallest absolute Gasteiger partial charge is 0.264 e. The van der Waals surface area contributed by atoms with Crippen LogP contribution in [0.1, 0.15) is 27.9 Å². The number of aryl methyl sites for hydroxylation is 1. The van der Waals surface area contributed by atoms with Gasteiger partial charge in [0, 0.05) is 81.2 Å². The molecule has 5 aromatic carbocycles. The van der Waals surface area contributed by atoms with Crippen molar-refractivity contribution >= 4 is 54.7 Å². The lowest BCUT2D eigenvalue weighted by Gasteiger charge is -2.36. The number of piperazine rings is 1. The Morgan fingerprint density at radius 1 is 0.772 bits per heavy atom. The van der Waals surface area contributed by atoms with Crippen LogP contribution in [0.4, 0.5) is 11.4 Å². The minimum Gasteiger partial charge on any atom is -0.381 e. The van der Waals surface area contributed by atoms with Crippen molar-refractivity contribution in [2.45, 2.75) is 35.7 Å². The van der Waals surface area contributed by atoms with Crippen molar-refractivity contribution < 1.29 is 26.4 Å². The molecule has 0 bridgehead atoms. The summed E-state index contributed by atoms with van der Waals surface area (Å²) in [6.07, 6.45) is -0.107. The zero-order chi connectivity index (χ0) is 40.7. The first-order chi connectivity index (χ1) is 27.2. The molecule has 0 aliphatic carbocycles. The molecule has 5 aromatic rings. The molecule has 0 spiro atoms. The Hall–Kier alpha value is -5.21. The normalized spacial score (nSPS) is 14.1. The van der Waals surface area contributed by atoms with Crippen LogP contribution < -0.4 is 14.9 Å². The number of nitrogens with one attached hydrogen (secondary N) is 2. The lowest BCUT2D eigenvalue weighted by atomic mass is 9.99. The van der Waals surface area contributed by atoms with E-state index in [4.69, 9.17) is 11.6 Å². The summed E-state index contributed by atoms with van der Waals surface area (Å²) >= 11 is 6.11. The van der Waals surface area contributed by atoms with Crippen LogP contribution in [0.5, 0.6) is 0 Å². The molecule has 0 unspecified atom stereocenters. The topological polar surface area (TPSA) is 136 Å². The van der Waals surface area contributed by atoms with Crippen molar-refractivity contribution in [1.29, 1.82) is 0 Å². The number of benzene rings is 5. The van der Waals surface area contributed by atoms with Gasteiger partial charge in [-0.3, -0.25) is 14.5 Å². The summed E-state index contributed by atoms with van der Waals surface area (Å²) in [4.78, 5) is 31.9. The van der Waals surface area contributed by atoms with Gasteiger partial charge in [-0.25, -0.2) is 21.6 Å². The summed E-state index contributed by atoms with van der Waals surface area (Å²) in [5.41, 5.74) is 5.64. The third-order valence-electron chi connectivity index (χ3n) is 9.97. The largest absolute Gasteiger partial charge is 0.381 e. The highest BCUT2D eigenvalue weighted by molar-refractivity contribution is 7.91. The lowest BCUT2D eigenvalue weighted by molar-refractivity contribution is -0.128. The van der Waals surface area contributed by atoms with E-state index in [0.29, 0.717) is 16.3 Å². The molecule has 1 atom stereocenters. The van der Waals surface area contributed by atoms with Gasteiger partial charge in [-0.2, -0.15) is 0 Å². The first kappa shape index (κ1) is 41.4. The van der Waals surface area contributed by atoms with Gasteiger partial charge >= 0.3 is 0 Å². The molecule has 2 amide bonds. The van der Waals surface area contributed by atoms with Gasteiger partial charge in [-0.05, 0) is 95.9 Å². The molecule has 1 fully saturated rings. The third kappa shape index (κ3) is 10.6. The molecule has 1 saturated heterocycles. The number of rotatable bonds is 14. The van der Waals surface area contributed by atoms with E-state index in [1.54, 1.807) is 51.4 Å². The van der Waals surface area contributed by atoms with Gasteiger partial charge < -0.3 is 15.1 Å². The van der Waals surface area contributed by atoms with Crippen LogP contribution in [0.15, 0.2) is 131 Å². The van der Waals surface area contributed by atoms with Gasteiger partial charge in [0.2, 0.25) is 5.91 Å². The maximum atomic E-state index is 13.4. The second-order valence-corrected chi connectivity index (χ2v) is 18.5. The number of carbonyl (C=O) groups is 2. The fourth-order valence-electron chi connectivity index (χ4n) is 6.76. The highest BCUT2D eigenvalue weighted by Crippen LogP contribution is 2.28. The fraction of sp³-hybridized carbons (Fsp3) is 0.256. The van der Waals surface area contributed by atoms with Crippen molar-refractivity contribution in [3.8, 4) is 11.1 Å². The van der Waals surface area contributed by atoms with Crippen LogP contribution in [0.3, 0.4) is 0 Å². The second kappa shape index (κ2) is 17.9. The quantitative estimate of drug-likeness (QED) is 0.129. The molecular weight excluding hydrogens is 782 g/mol. The van der Waals surface area contributed by atoms with Gasteiger partial charge in [-0.15, -0.1) is 0 Å². The molecule has 0 aromatic heterocycles. The summed E-state index contributed by atoms with van der Waals surface area (Å²) in [5, 5.41) is 3.85. The van der Waals surface area contributed by atoms with Gasteiger partial charge in [-0.1, -0.05) is 66.2 Å². The van der Waals surface area contributed by atoms with Gasteiger partial charge in [0.25, 0.3) is 15.9 Å². The van der Waals surface area contributed by atoms with Crippen LogP contribution in [0.2, 0.25) is 5.02 Å². The molecule has 0 saturated carbocycles. The molecule has 0 radical (unpaired) electrons. The Bertz CT molecular complexity index is 2420. The summed E-state index contributed by atoms with van der Waals surface area (Å²) < 4.78 is 55.3. The zero-order valence-electron chi connectivity index (χ0n) is 32.1. The standard InChI is InChI=1S/C43H46ClN5O6S2/c1-31-27-39(21-22-41(31)45-36(28-42(50)47(2)3)30-56(52,53)38-10-5-4-6-11-38)57(54,55)46-43(51)33-15-19-37(20-16-33)49-25-23-48(24-26-49)29-34-9-7-8-12-40(34)32-13-17-35(44)18-14-32/h4-22,27,36,45H,23-26,28-30H2,1-3H3,(H,46,51)/t36-/m1/s1. The minimum absolute atomic E-state index is 0.107. The third-order valence-corrected chi connectivity index (χ3v) is 13.4. The number of hydrogen-bond donors (Lipinski definition) is 2. The Labute approximate surface area is 340 Å². The molecule has 11 nitrogen and oxygen atoms in total. The number of sulfone groups is 1. The van der Waals surface area contributed by atoms with Gasteiger partial charge in [0.05, 0.1) is 15.5 Å². The van der Waals surface area contributed by atoms with Crippen LogP contribution in [0, 0.1) is 6.92 Å². The van der Waals surface area contributed by atoms with E-state index >= 15 is 0 Å². The number of carbonyl (C=O) groups excluding carboxylic acids is 2. The average molecular weight is 828 g/mol. The van der Waals surface area contributed by atoms with Crippen molar-refractivity contribution in [3.63, 3.8) is 0 Å². The van der Waals surface area contributed by atoms with Crippen LogP contribution in [-0.2, 0) is 31.2 Å². The Kier molecular flexibility index (Phi) is 13.0. The highest BCUT2D eigenvalue weighted by atomic mass is 35.5. The van der Waals surface area contributed by atoms with E-state index in [1.807, 2.05) is 42.5 Å². The van der Waals surface area contributed by atoms with E-state index in [9.17, 15) is 26.4 Å². The number of sulfonamides is 1. The van der Waals surface area contributed by atoms with E-state index < -0.39 is 31.8 Å². The Morgan fingerprint density at radius 2 is 1.42 bits per heavy atom. The molecule has 1 aliphatic rings. The summed E-state index contributed by atoms with van der Waals surface area (Å²) in [6.45, 7) is 5.77. The number of halogens is 1. The van der Waals surface area contributed by atoms with E-state index in [2.05, 4.69) is 38.0 Å². The summed E-state index contributed by atoms with van der Waals surface area (Å²) in [5.74, 6) is -1.39. The first-order valence-electron chi connectivity index (χ1n) is 18.5. The molecule has 1 aliphatic heterocycles. The monoisotopic (exact) mass is 827 g/mol. The predicted molar refractivity (Wildman–Crippen MR) is 226 cm³/mol.